The van der Waals surface area contributed by atoms with Crippen LogP contribution in [0.3, 0.4) is 0 Å². The van der Waals surface area contributed by atoms with Gasteiger partial charge >= 0.3 is 0 Å². The third kappa shape index (κ3) is 9.38. The third-order valence-electron chi connectivity index (χ3n) is 3.53. The number of ether oxygens (including phenoxy) is 2. The Hall–Kier alpha value is -0.160. The summed E-state index contributed by atoms with van der Waals surface area (Å²) in [6, 6.07) is 0. The van der Waals surface area contributed by atoms with Gasteiger partial charge in [-0.3, -0.25) is 0 Å². The zero-order valence-electron chi connectivity index (χ0n) is 13.0. The molecular weight excluding hydrogens is 240 g/mol. The van der Waals surface area contributed by atoms with Gasteiger partial charge in [-0.15, -0.1) is 0 Å². The smallest absolute Gasteiger partial charge is 0.0518 e. The first-order valence-electron chi connectivity index (χ1n) is 7.77. The van der Waals surface area contributed by atoms with Gasteiger partial charge in [-0.05, 0) is 52.6 Å². The van der Waals surface area contributed by atoms with E-state index in [1.165, 1.54) is 19.4 Å². The van der Waals surface area contributed by atoms with Crippen LogP contribution < -0.4 is 5.32 Å². The Bertz CT molecular complexity index is 206. The molecule has 1 saturated heterocycles. The van der Waals surface area contributed by atoms with Crippen molar-refractivity contribution in [2.24, 2.45) is 5.92 Å². The molecule has 0 aromatic carbocycles. The Balaban J connectivity index is 1.88. The van der Waals surface area contributed by atoms with Gasteiger partial charge in [-0.25, -0.2) is 0 Å². The fourth-order valence-electron chi connectivity index (χ4n) is 2.37. The maximum atomic E-state index is 5.51. The number of likely N-dealkylation sites (N-methyl/N-ethyl adjacent to an activating group) is 1. The molecule has 114 valence electrons. The van der Waals surface area contributed by atoms with Crippen molar-refractivity contribution in [2.45, 2.75) is 39.2 Å². The van der Waals surface area contributed by atoms with E-state index in [-0.39, 0.29) is 0 Å². The third-order valence-corrected chi connectivity index (χ3v) is 3.53. The number of nitrogens with zero attached hydrogens (tertiary/aromatic N) is 1. The Morgan fingerprint density at radius 2 is 2.00 bits per heavy atom. The zero-order chi connectivity index (χ0) is 13.9. The van der Waals surface area contributed by atoms with E-state index in [1.807, 2.05) is 0 Å². The first-order valence-corrected chi connectivity index (χ1v) is 7.77. The molecule has 0 bridgehead atoms. The highest BCUT2D eigenvalue weighted by Crippen LogP contribution is 2.15. The summed E-state index contributed by atoms with van der Waals surface area (Å²) in [6.07, 6.45) is 3.90. The molecular formula is C15H32N2O2. The number of rotatable bonds is 10. The number of hydrogen-bond donors (Lipinski definition) is 1. The SMILES string of the molecule is CC(C)OCCCNCCN(C)CC1CCOCC1. The molecule has 0 aromatic rings. The maximum Gasteiger partial charge on any atom is 0.0518 e. The Morgan fingerprint density at radius 1 is 1.26 bits per heavy atom. The van der Waals surface area contributed by atoms with Gasteiger partial charge in [-0.2, -0.15) is 0 Å². The molecule has 1 fully saturated rings. The first kappa shape index (κ1) is 16.9. The largest absolute Gasteiger partial charge is 0.381 e. The predicted molar refractivity (Wildman–Crippen MR) is 79.6 cm³/mol. The standard InChI is InChI=1S/C15H32N2O2/c1-14(2)19-10-4-7-16-8-9-17(3)13-15-5-11-18-12-6-15/h14-16H,4-13H2,1-3H3. The molecule has 19 heavy (non-hydrogen) atoms. The molecule has 0 amide bonds. The van der Waals surface area contributed by atoms with Crippen molar-refractivity contribution in [1.82, 2.24) is 10.2 Å². The molecule has 4 heteroatoms. The fourth-order valence-corrected chi connectivity index (χ4v) is 2.37. The minimum absolute atomic E-state index is 0.352. The molecule has 0 aliphatic carbocycles. The highest BCUT2D eigenvalue weighted by Gasteiger charge is 2.15. The highest BCUT2D eigenvalue weighted by atomic mass is 16.5. The Labute approximate surface area is 118 Å². The molecule has 0 aromatic heterocycles. The lowest BCUT2D eigenvalue weighted by Gasteiger charge is -2.27. The van der Waals surface area contributed by atoms with E-state index in [0.29, 0.717) is 6.10 Å². The number of hydrogen-bond acceptors (Lipinski definition) is 4. The minimum atomic E-state index is 0.352. The molecule has 0 unspecified atom stereocenters. The first-order chi connectivity index (χ1) is 9.18. The summed E-state index contributed by atoms with van der Waals surface area (Å²) in [7, 11) is 2.22. The van der Waals surface area contributed by atoms with E-state index in [4.69, 9.17) is 9.47 Å². The summed E-state index contributed by atoms with van der Waals surface area (Å²) in [6.45, 7) is 11.4. The topological polar surface area (TPSA) is 33.7 Å². The molecule has 1 rings (SSSR count). The highest BCUT2D eigenvalue weighted by molar-refractivity contribution is 4.67. The van der Waals surface area contributed by atoms with Crippen LogP contribution in [0.5, 0.6) is 0 Å². The lowest BCUT2D eigenvalue weighted by atomic mass is 10.00. The second kappa shape index (κ2) is 10.6. The maximum absolute atomic E-state index is 5.51. The van der Waals surface area contributed by atoms with Gasteiger partial charge in [0.1, 0.15) is 0 Å². The molecule has 0 spiro atoms. The van der Waals surface area contributed by atoms with Crippen LogP contribution in [0, 0.1) is 5.92 Å². The van der Waals surface area contributed by atoms with Crippen LogP contribution in [0.25, 0.3) is 0 Å². The van der Waals surface area contributed by atoms with Crippen molar-refractivity contribution in [3.05, 3.63) is 0 Å². The van der Waals surface area contributed by atoms with Gasteiger partial charge < -0.3 is 19.7 Å². The summed E-state index contributed by atoms with van der Waals surface area (Å²) >= 11 is 0. The molecule has 1 N–H and O–H groups in total. The van der Waals surface area contributed by atoms with Gasteiger partial charge in [0, 0.05) is 39.5 Å². The van der Waals surface area contributed by atoms with E-state index in [1.54, 1.807) is 0 Å². The molecule has 1 heterocycles. The Morgan fingerprint density at radius 3 is 2.68 bits per heavy atom. The van der Waals surface area contributed by atoms with Gasteiger partial charge in [0.05, 0.1) is 6.10 Å². The van der Waals surface area contributed by atoms with E-state index < -0.39 is 0 Å². The quantitative estimate of drug-likeness (QED) is 0.614. The fraction of sp³-hybridized carbons (Fsp3) is 1.00. The van der Waals surface area contributed by atoms with Crippen molar-refractivity contribution in [1.29, 1.82) is 0 Å². The minimum Gasteiger partial charge on any atom is -0.381 e. The molecule has 0 radical (unpaired) electrons. The summed E-state index contributed by atoms with van der Waals surface area (Å²) in [5.74, 6) is 0.832. The van der Waals surface area contributed by atoms with Crippen LogP contribution in [0.15, 0.2) is 0 Å². The van der Waals surface area contributed by atoms with E-state index in [2.05, 4.69) is 31.1 Å². The Kier molecular flexibility index (Phi) is 9.43. The zero-order valence-corrected chi connectivity index (χ0v) is 13.0. The van der Waals surface area contributed by atoms with E-state index >= 15 is 0 Å². The van der Waals surface area contributed by atoms with E-state index in [0.717, 1.165) is 51.8 Å². The summed E-state index contributed by atoms with van der Waals surface area (Å²) in [5.41, 5.74) is 0. The summed E-state index contributed by atoms with van der Waals surface area (Å²) in [4.78, 5) is 2.44. The average Bonchev–Trinajstić information content (AvgIpc) is 2.38. The van der Waals surface area contributed by atoms with Crippen molar-refractivity contribution in [3.63, 3.8) is 0 Å². The van der Waals surface area contributed by atoms with Gasteiger partial charge in [-0.1, -0.05) is 0 Å². The van der Waals surface area contributed by atoms with Gasteiger partial charge in [0.15, 0.2) is 0 Å². The van der Waals surface area contributed by atoms with Gasteiger partial charge in [0.25, 0.3) is 0 Å². The summed E-state index contributed by atoms with van der Waals surface area (Å²) < 4.78 is 10.9. The second-order valence-corrected chi connectivity index (χ2v) is 5.84. The van der Waals surface area contributed by atoms with Crippen molar-refractivity contribution >= 4 is 0 Å². The molecule has 0 atom stereocenters. The predicted octanol–water partition coefficient (Wildman–Crippen LogP) is 1.75. The van der Waals surface area contributed by atoms with E-state index in [9.17, 15) is 0 Å². The van der Waals surface area contributed by atoms with Crippen LogP contribution in [0.1, 0.15) is 33.1 Å². The average molecular weight is 272 g/mol. The second-order valence-electron chi connectivity index (χ2n) is 5.84. The lowest BCUT2D eigenvalue weighted by Crippen LogP contribution is -2.35. The molecule has 0 saturated carbocycles. The van der Waals surface area contributed by atoms with Crippen molar-refractivity contribution in [3.8, 4) is 0 Å². The van der Waals surface area contributed by atoms with Crippen LogP contribution in [0.4, 0.5) is 0 Å². The van der Waals surface area contributed by atoms with Gasteiger partial charge in [0.2, 0.25) is 0 Å². The number of nitrogens with one attached hydrogen (secondary N) is 1. The normalized spacial score (nSPS) is 17.5. The van der Waals surface area contributed by atoms with Crippen LogP contribution in [-0.4, -0.2) is 64.1 Å². The van der Waals surface area contributed by atoms with Crippen molar-refractivity contribution in [2.75, 3.05) is 53.0 Å². The molecule has 1 aliphatic rings. The van der Waals surface area contributed by atoms with Crippen LogP contribution in [-0.2, 0) is 9.47 Å². The van der Waals surface area contributed by atoms with Crippen LogP contribution >= 0.6 is 0 Å². The lowest BCUT2D eigenvalue weighted by molar-refractivity contribution is 0.0558. The van der Waals surface area contributed by atoms with Crippen LogP contribution in [0.2, 0.25) is 0 Å². The summed E-state index contributed by atoms with van der Waals surface area (Å²) in [5, 5.41) is 3.48. The molecule has 4 nitrogen and oxygen atoms in total. The monoisotopic (exact) mass is 272 g/mol. The van der Waals surface area contributed by atoms with Crippen molar-refractivity contribution < 1.29 is 9.47 Å². The molecule has 1 aliphatic heterocycles.